The summed E-state index contributed by atoms with van der Waals surface area (Å²) in [5.41, 5.74) is 5.78. The van der Waals surface area contributed by atoms with Crippen LogP contribution in [0.5, 0.6) is 5.75 Å². The third kappa shape index (κ3) is 7.88. The first-order chi connectivity index (χ1) is 22.6. The number of pyridine rings is 3. The summed E-state index contributed by atoms with van der Waals surface area (Å²) in [5, 5.41) is 6.90. The summed E-state index contributed by atoms with van der Waals surface area (Å²) in [4.78, 5) is 37.1. The number of amides is 2. The van der Waals surface area contributed by atoms with Crippen LogP contribution in [0.15, 0.2) is 90.1 Å². The van der Waals surface area contributed by atoms with E-state index < -0.39 is 6.03 Å². The zero-order valence-corrected chi connectivity index (χ0v) is 28.2. The van der Waals surface area contributed by atoms with Crippen molar-refractivity contribution in [3.63, 3.8) is 0 Å². The minimum atomic E-state index is -0.471. The third-order valence-corrected chi connectivity index (χ3v) is 8.31. The molecule has 0 bridgehead atoms. The first kappa shape index (κ1) is 33.4. The maximum absolute atomic E-state index is 14.4. The highest BCUT2D eigenvalue weighted by atomic mass is 16.5. The number of aryl methyl sites for hydroxylation is 1. The van der Waals surface area contributed by atoms with E-state index in [1.807, 2.05) is 72.9 Å². The van der Waals surface area contributed by atoms with E-state index in [0.29, 0.717) is 42.5 Å². The van der Waals surface area contributed by atoms with Crippen LogP contribution in [0.1, 0.15) is 76.5 Å². The van der Waals surface area contributed by atoms with Gasteiger partial charge in [-0.3, -0.25) is 14.3 Å². The number of ether oxygens (including phenoxy) is 1. The van der Waals surface area contributed by atoms with Gasteiger partial charge >= 0.3 is 6.03 Å². The van der Waals surface area contributed by atoms with Crippen molar-refractivity contribution in [2.24, 2.45) is 5.92 Å². The van der Waals surface area contributed by atoms with E-state index in [1.165, 1.54) is 0 Å². The largest absolute Gasteiger partial charge is 0.493 e. The van der Waals surface area contributed by atoms with Crippen LogP contribution in [-0.2, 0) is 13.0 Å². The lowest BCUT2D eigenvalue weighted by atomic mass is 9.93. The highest BCUT2D eigenvalue weighted by Gasteiger charge is 2.23. The van der Waals surface area contributed by atoms with Gasteiger partial charge in [0.05, 0.1) is 6.61 Å². The van der Waals surface area contributed by atoms with Gasteiger partial charge in [-0.25, -0.2) is 9.78 Å². The van der Waals surface area contributed by atoms with Gasteiger partial charge in [-0.05, 0) is 76.8 Å². The lowest BCUT2D eigenvalue weighted by Gasteiger charge is -2.22. The quantitative estimate of drug-likeness (QED) is 0.143. The van der Waals surface area contributed by atoms with E-state index in [-0.39, 0.29) is 23.1 Å². The Morgan fingerprint density at radius 2 is 1.55 bits per heavy atom. The number of hydrogen-bond acceptors (Lipinski definition) is 5. The van der Waals surface area contributed by atoms with Gasteiger partial charge < -0.3 is 15.4 Å². The van der Waals surface area contributed by atoms with Gasteiger partial charge in [-0.1, -0.05) is 77.9 Å². The molecular formula is C39H45N5O3. The standard InChI is InChI=1S/C39H45N5O3/c1-25(2)17-21-44-37-33(16-10-20-41-37)34(29-12-7-13-30(23-29)47-22-18-28-11-9-19-40-24-28)36(38(44)45)43-39(46)42-35-31(26(3)4)14-8-15-32(35)27(5)6/h7-16,19-20,23-27H,17-18,21-22H2,1-6H3,(H2,42,43,46). The summed E-state index contributed by atoms with van der Waals surface area (Å²) in [6.07, 6.45) is 6.78. The van der Waals surface area contributed by atoms with Gasteiger partial charge in [-0.2, -0.15) is 0 Å². The van der Waals surface area contributed by atoms with E-state index in [9.17, 15) is 9.59 Å². The molecule has 0 fully saturated rings. The van der Waals surface area contributed by atoms with Crippen LogP contribution in [0.4, 0.5) is 16.2 Å². The number of rotatable bonds is 12. The molecule has 0 unspecified atom stereocenters. The Balaban J connectivity index is 1.58. The summed E-state index contributed by atoms with van der Waals surface area (Å²) in [6.45, 7) is 13.6. The number of hydrogen-bond donors (Lipinski definition) is 2. The van der Waals surface area contributed by atoms with Gasteiger partial charge in [0.2, 0.25) is 0 Å². The molecule has 0 radical (unpaired) electrons. The number of para-hydroxylation sites is 1. The van der Waals surface area contributed by atoms with Crippen LogP contribution in [0.3, 0.4) is 0 Å². The predicted molar refractivity (Wildman–Crippen MR) is 192 cm³/mol. The fourth-order valence-electron chi connectivity index (χ4n) is 5.82. The SMILES string of the molecule is CC(C)CCn1c(=O)c(NC(=O)Nc2c(C(C)C)cccc2C(C)C)c(-c2cccc(OCCc3cccnc3)c2)c2cccnc21. The average Bonchev–Trinajstić information content (AvgIpc) is 3.05. The summed E-state index contributed by atoms with van der Waals surface area (Å²) >= 11 is 0. The van der Waals surface area contributed by atoms with Crippen molar-refractivity contribution in [2.45, 2.75) is 72.8 Å². The lowest BCUT2D eigenvalue weighted by Crippen LogP contribution is -2.30. The van der Waals surface area contributed by atoms with Crippen molar-refractivity contribution >= 4 is 28.4 Å². The van der Waals surface area contributed by atoms with Gasteiger partial charge in [0, 0.05) is 48.2 Å². The fraction of sp³-hybridized carbons (Fsp3) is 0.333. The number of fused-ring (bicyclic) bond motifs is 1. The number of urea groups is 1. The van der Waals surface area contributed by atoms with Gasteiger partial charge in [0.15, 0.2) is 0 Å². The zero-order valence-electron chi connectivity index (χ0n) is 28.2. The molecule has 47 heavy (non-hydrogen) atoms. The normalized spacial score (nSPS) is 11.4. The van der Waals surface area contributed by atoms with E-state index >= 15 is 0 Å². The van der Waals surface area contributed by atoms with E-state index in [4.69, 9.17) is 4.74 Å². The molecule has 0 atom stereocenters. The Labute approximate surface area is 277 Å². The molecule has 0 spiro atoms. The molecule has 8 nitrogen and oxygen atoms in total. The maximum Gasteiger partial charge on any atom is 0.323 e. The van der Waals surface area contributed by atoms with Crippen molar-refractivity contribution in [3.8, 4) is 16.9 Å². The van der Waals surface area contributed by atoms with Crippen LogP contribution >= 0.6 is 0 Å². The minimum absolute atomic E-state index is 0.195. The predicted octanol–water partition coefficient (Wildman–Crippen LogP) is 9.02. The summed E-state index contributed by atoms with van der Waals surface area (Å²) in [5.74, 6) is 1.43. The molecule has 2 amide bonds. The molecule has 0 aliphatic carbocycles. The summed E-state index contributed by atoms with van der Waals surface area (Å²) in [6, 6.07) is 21.0. The van der Waals surface area contributed by atoms with Gasteiger partial charge in [0.25, 0.3) is 5.56 Å². The molecule has 0 aliphatic heterocycles. The Kier molecular flexibility index (Phi) is 10.7. The molecule has 2 aromatic carbocycles. The maximum atomic E-state index is 14.4. The molecule has 5 rings (SSSR count). The number of anilines is 2. The van der Waals surface area contributed by atoms with Crippen molar-refractivity contribution in [1.29, 1.82) is 0 Å². The number of aromatic nitrogens is 3. The van der Waals surface area contributed by atoms with Crippen LogP contribution < -0.4 is 20.9 Å². The van der Waals surface area contributed by atoms with Crippen molar-refractivity contribution in [2.75, 3.05) is 17.2 Å². The Morgan fingerprint density at radius 1 is 0.851 bits per heavy atom. The molecular weight excluding hydrogens is 586 g/mol. The Bertz CT molecular complexity index is 1870. The monoisotopic (exact) mass is 631 g/mol. The van der Waals surface area contributed by atoms with Crippen LogP contribution in [-0.4, -0.2) is 27.2 Å². The van der Waals surface area contributed by atoms with E-state index in [0.717, 1.165) is 39.7 Å². The topological polar surface area (TPSA) is 98.1 Å². The van der Waals surface area contributed by atoms with Crippen molar-refractivity contribution in [1.82, 2.24) is 14.5 Å². The number of nitrogens with zero attached hydrogens (tertiary/aromatic N) is 3. The fourth-order valence-corrected chi connectivity index (χ4v) is 5.82. The molecule has 3 heterocycles. The minimum Gasteiger partial charge on any atom is -0.493 e. The molecule has 0 saturated carbocycles. The number of nitrogens with one attached hydrogen (secondary N) is 2. The Hall–Kier alpha value is -4.98. The summed E-state index contributed by atoms with van der Waals surface area (Å²) in [7, 11) is 0. The van der Waals surface area contributed by atoms with Crippen molar-refractivity contribution < 1.29 is 9.53 Å². The third-order valence-electron chi connectivity index (χ3n) is 8.31. The van der Waals surface area contributed by atoms with Crippen LogP contribution in [0.25, 0.3) is 22.2 Å². The second-order valence-corrected chi connectivity index (χ2v) is 13.0. The second kappa shape index (κ2) is 15.1. The molecule has 0 saturated heterocycles. The Morgan fingerprint density at radius 3 is 2.23 bits per heavy atom. The average molecular weight is 632 g/mol. The lowest BCUT2D eigenvalue weighted by molar-refractivity contribution is 0.262. The number of benzene rings is 2. The molecule has 2 N–H and O–H groups in total. The number of carbonyl (C=O) groups excluding carboxylic acids is 1. The van der Waals surface area contributed by atoms with Crippen molar-refractivity contribution in [3.05, 3.63) is 112 Å². The molecule has 3 aromatic heterocycles. The zero-order chi connectivity index (χ0) is 33.5. The van der Waals surface area contributed by atoms with Gasteiger partial charge in [0.1, 0.15) is 17.1 Å². The second-order valence-electron chi connectivity index (χ2n) is 13.0. The molecule has 0 aliphatic rings. The van der Waals surface area contributed by atoms with E-state index in [1.54, 1.807) is 17.0 Å². The van der Waals surface area contributed by atoms with Gasteiger partial charge in [-0.15, -0.1) is 0 Å². The molecule has 8 heteroatoms. The highest BCUT2D eigenvalue weighted by Crippen LogP contribution is 2.36. The smallest absolute Gasteiger partial charge is 0.323 e. The summed E-state index contributed by atoms with van der Waals surface area (Å²) < 4.78 is 7.83. The highest BCUT2D eigenvalue weighted by molar-refractivity contribution is 6.07. The van der Waals surface area contributed by atoms with E-state index in [2.05, 4.69) is 62.1 Å². The molecule has 244 valence electrons. The molecule has 5 aromatic rings. The number of carbonyl (C=O) groups is 1. The first-order valence-corrected chi connectivity index (χ1v) is 16.5. The first-order valence-electron chi connectivity index (χ1n) is 16.5. The van der Waals surface area contributed by atoms with Crippen LogP contribution in [0, 0.1) is 5.92 Å². The van der Waals surface area contributed by atoms with Crippen LogP contribution in [0.2, 0.25) is 0 Å².